The molecule has 0 N–H and O–H groups in total. The van der Waals surface area contributed by atoms with Crippen LogP contribution < -0.4 is 0 Å². The molecule has 8 heteroatoms. The van der Waals surface area contributed by atoms with E-state index in [0.29, 0.717) is 33.1 Å². The Morgan fingerprint density at radius 2 is 0.988 bits per heavy atom. The molecular formula is C75H42N6S2. The smallest absolute Gasteiger partial charge is 0.237 e. The van der Waals surface area contributed by atoms with Gasteiger partial charge in [-0.2, -0.15) is 5.26 Å². The summed E-state index contributed by atoms with van der Waals surface area (Å²) < 4.78 is 124. The number of hydrogen-bond acceptors (Lipinski definition) is 3. The number of fused-ring (bicyclic) bond motifs is 20. The zero-order chi connectivity index (χ0) is 65.1. The molecule has 6 nitrogen and oxygen atoms in total. The summed E-state index contributed by atoms with van der Waals surface area (Å²) in [5.74, 6) is 0. The van der Waals surface area contributed by atoms with Gasteiger partial charge in [0.25, 0.3) is 0 Å². The minimum Gasteiger partial charge on any atom is -0.317 e. The third kappa shape index (κ3) is 6.18. The monoisotopic (exact) mass is 1100 g/mol. The molecule has 18 rings (SSSR count). The van der Waals surface area contributed by atoms with Gasteiger partial charge in [0, 0.05) is 78.1 Å². The van der Waals surface area contributed by atoms with Crippen molar-refractivity contribution in [2.75, 3.05) is 0 Å². The summed E-state index contributed by atoms with van der Waals surface area (Å²) in [5, 5.41) is 19.3. The number of hydrogen-bond donors (Lipinski definition) is 0. The number of para-hydroxylation sites is 4. The summed E-state index contributed by atoms with van der Waals surface area (Å²) in [6.45, 7) is 6.98. The Hall–Kier alpha value is -10.7. The van der Waals surface area contributed by atoms with E-state index in [1.54, 1.807) is 15.9 Å². The van der Waals surface area contributed by atoms with Crippen LogP contribution >= 0.6 is 22.7 Å². The lowest BCUT2D eigenvalue weighted by Crippen LogP contribution is -2.14. The lowest BCUT2D eigenvalue weighted by atomic mass is 10.0. The zero-order valence-corrected chi connectivity index (χ0v) is 45.0. The molecule has 18 aromatic rings. The van der Waals surface area contributed by atoms with E-state index in [1.807, 2.05) is 149 Å². The van der Waals surface area contributed by atoms with Gasteiger partial charge >= 0.3 is 0 Å². The molecular weight excluding hydrogens is 1050 g/mol. The van der Waals surface area contributed by atoms with E-state index in [-0.39, 0.29) is 76.0 Å². The molecule has 12 aromatic carbocycles. The summed E-state index contributed by atoms with van der Waals surface area (Å²) in [4.78, 5) is 4.75. The van der Waals surface area contributed by atoms with E-state index >= 15 is 0 Å². The quantitative estimate of drug-likeness (QED) is 0.158. The summed E-state index contributed by atoms with van der Waals surface area (Å²) >= 11 is 2.51. The first kappa shape index (κ1) is 35.8. The van der Waals surface area contributed by atoms with Crippen molar-refractivity contribution in [1.29, 1.82) is 5.26 Å². The number of nitrogens with zero attached hydrogens (tertiary/aromatic N) is 6. The Kier molecular flexibility index (Phi) is 7.39. The number of thiophene rings is 2. The van der Waals surface area contributed by atoms with Crippen LogP contribution in [0.2, 0.25) is 0 Å². The van der Waals surface area contributed by atoms with Gasteiger partial charge in [-0.1, -0.05) is 181 Å². The zero-order valence-electron chi connectivity index (χ0n) is 55.3. The van der Waals surface area contributed by atoms with E-state index < -0.39 is 66.8 Å². The molecule has 0 spiro atoms. The van der Waals surface area contributed by atoms with E-state index in [4.69, 9.17) is 11.7 Å². The molecule has 0 amide bonds. The highest BCUT2D eigenvalue weighted by atomic mass is 32.1. The summed E-state index contributed by atoms with van der Waals surface area (Å²) in [7, 11) is 0. The second kappa shape index (κ2) is 17.1. The fourth-order valence-corrected chi connectivity index (χ4v) is 15.6. The molecule has 0 aliphatic carbocycles. The lowest BCUT2D eigenvalue weighted by Gasteiger charge is -2.27. The van der Waals surface area contributed by atoms with Gasteiger partial charge in [0.05, 0.1) is 101 Å². The molecule has 83 heavy (non-hydrogen) atoms. The Morgan fingerprint density at radius 3 is 1.67 bits per heavy atom. The predicted molar refractivity (Wildman–Crippen MR) is 351 cm³/mol. The van der Waals surface area contributed by atoms with Crippen molar-refractivity contribution in [1.82, 2.24) is 18.3 Å². The molecule has 0 unspecified atom stereocenters. The van der Waals surface area contributed by atoms with Crippen LogP contribution in [0.15, 0.2) is 236 Å². The molecule has 0 saturated carbocycles. The average molecular weight is 1100 g/mol. The second-order valence-corrected chi connectivity index (χ2v) is 22.8. The SMILES string of the molecule is [2H]c1c([2H])c([2H])c2c(sc3c2c([2H])c([2H])c2c4c([2H])c(C([2H])([2H])[2H])c([2H])c([2H])c4n(-c4c(-n5c6ccccc6c6ccccc65)c(C#N)c(-n5c6ccc(-c7ccccc7)cc6c6ccc7c8ccccc8sc7c65)c([N+]#[C-])c4-n4c5ccccc5c5ccccc54)c32)c1[2H]. The summed E-state index contributed by atoms with van der Waals surface area (Å²) in [5.41, 5.74) is 5.03. The standard InChI is InChI=1S/C75H42N6S2/c1-43-32-38-63-56(40-43)52-34-36-55-51-25-11-17-31-66(51)83-75(55)71(52)81(63)73-69(78-59-26-12-6-20-46(59)47-21-7-13-27-60(47)78)58(42-76)68(67(77-2)72(73)79-61-28-14-8-22-48(61)49-23-9-15-29-62(49)79)80-64-39-33-45(44-18-4-3-5-19-44)41-57(64)53-35-37-54-50-24-10-16-30-65(50)82-74(54)70(53)80/h3-41H,1H3/i1D3,11D,17D,25D,31D,32D,34D,36D,38D,40D. The Balaban J connectivity index is 1.20. The van der Waals surface area contributed by atoms with E-state index in [2.05, 4.69) is 53.1 Å². The highest BCUT2D eigenvalue weighted by molar-refractivity contribution is 7.27. The minimum atomic E-state index is -3.16. The van der Waals surface area contributed by atoms with Crippen molar-refractivity contribution in [3.8, 4) is 39.9 Å². The maximum Gasteiger partial charge on any atom is 0.237 e. The van der Waals surface area contributed by atoms with Crippen LogP contribution in [-0.2, 0) is 0 Å². The van der Waals surface area contributed by atoms with Gasteiger partial charge < -0.3 is 18.3 Å². The molecule has 0 aliphatic heterocycles. The fraction of sp³-hybridized carbons (Fsp3) is 0.0133. The molecule has 0 aliphatic rings. The largest absolute Gasteiger partial charge is 0.317 e. The van der Waals surface area contributed by atoms with Crippen LogP contribution in [0.3, 0.4) is 0 Å². The highest BCUT2D eigenvalue weighted by Gasteiger charge is 2.36. The Morgan fingerprint density at radius 1 is 0.422 bits per heavy atom. The number of nitriles is 1. The van der Waals surface area contributed by atoms with Crippen LogP contribution in [0.25, 0.3) is 166 Å². The molecule has 6 aromatic heterocycles. The molecule has 0 fully saturated rings. The van der Waals surface area contributed by atoms with Crippen LogP contribution in [-0.4, -0.2) is 18.3 Å². The first-order chi connectivity index (χ1) is 46.0. The molecule has 0 radical (unpaired) electrons. The summed E-state index contributed by atoms with van der Waals surface area (Å²) in [6, 6.07) is 57.1. The van der Waals surface area contributed by atoms with Crippen molar-refractivity contribution >= 4 is 156 Å². The lowest BCUT2D eigenvalue weighted by molar-refractivity contribution is 1.04. The van der Waals surface area contributed by atoms with Crippen molar-refractivity contribution in [3.63, 3.8) is 0 Å². The van der Waals surface area contributed by atoms with Gasteiger partial charge in [-0.3, -0.25) is 0 Å². The second-order valence-electron chi connectivity index (χ2n) is 20.7. The Labute approximate surface area is 499 Å². The number of aromatic nitrogens is 4. The maximum absolute atomic E-state index is 13.1. The summed E-state index contributed by atoms with van der Waals surface area (Å²) in [6.07, 6.45) is 0. The molecule has 0 saturated heterocycles. The van der Waals surface area contributed by atoms with Gasteiger partial charge in [-0.05, 0) is 78.6 Å². The van der Waals surface area contributed by atoms with Crippen LogP contribution in [0.4, 0.5) is 5.69 Å². The number of benzene rings is 12. The average Bonchev–Trinajstić information content (AvgIpc) is 1.53. The van der Waals surface area contributed by atoms with Crippen molar-refractivity contribution in [2.45, 2.75) is 6.85 Å². The van der Waals surface area contributed by atoms with Gasteiger partial charge in [-0.15, -0.1) is 22.7 Å². The molecule has 0 bridgehead atoms. The van der Waals surface area contributed by atoms with Crippen molar-refractivity contribution in [2.24, 2.45) is 0 Å². The molecule has 0 atom stereocenters. The normalized spacial score (nSPS) is 14.3. The highest BCUT2D eigenvalue weighted by Crippen LogP contribution is 2.54. The Bertz CT molecular complexity index is 6410. The number of rotatable bonds is 5. The van der Waals surface area contributed by atoms with E-state index in [9.17, 15) is 21.4 Å². The van der Waals surface area contributed by atoms with Gasteiger partial charge in [0.2, 0.25) is 5.69 Å². The third-order valence-electron chi connectivity index (χ3n) is 16.6. The fourth-order valence-electron chi connectivity index (χ4n) is 13.3. The third-order valence-corrected chi connectivity index (χ3v) is 18.9. The topological polar surface area (TPSA) is 47.9 Å². The van der Waals surface area contributed by atoms with Crippen molar-refractivity contribution < 1.29 is 16.4 Å². The molecule has 384 valence electrons. The predicted octanol–water partition coefficient (Wildman–Crippen LogP) is 21.2. The van der Waals surface area contributed by atoms with Crippen LogP contribution in [0.5, 0.6) is 0 Å². The van der Waals surface area contributed by atoms with Gasteiger partial charge in [0.1, 0.15) is 6.07 Å². The first-order valence-electron chi connectivity index (χ1n) is 32.9. The van der Waals surface area contributed by atoms with Crippen molar-refractivity contribution in [3.05, 3.63) is 259 Å². The van der Waals surface area contributed by atoms with E-state index in [0.717, 1.165) is 75.0 Å². The molecule has 6 heterocycles. The van der Waals surface area contributed by atoms with E-state index in [1.165, 1.54) is 0 Å². The first-order valence-corrected chi connectivity index (χ1v) is 28.5. The maximum atomic E-state index is 13.1. The van der Waals surface area contributed by atoms with Gasteiger partial charge in [-0.25, -0.2) is 4.85 Å². The minimum absolute atomic E-state index is 0.0213. The van der Waals surface area contributed by atoms with Crippen LogP contribution in [0.1, 0.15) is 27.6 Å². The van der Waals surface area contributed by atoms with Crippen LogP contribution in [0, 0.1) is 24.8 Å². The van der Waals surface area contributed by atoms with Gasteiger partial charge in [0.15, 0.2) is 0 Å².